The van der Waals surface area contributed by atoms with Gasteiger partial charge in [0.2, 0.25) is 0 Å². The molecule has 0 amide bonds. The first-order valence-corrected chi connectivity index (χ1v) is 6.79. The second-order valence-corrected chi connectivity index (χ2v) is 6.17. The lowest BCUT2D eigenvalue weighted by Crippen LogP contribution is -2.46. The van der Waals surface area contributed by atoms with Crippen molar-refractivity contribution < 1.29 is 9.90 Å². The second kappa shape index (κ2) is 4.38. The summed E-state index contributed by atoms with van der Waals surface area (Å²) in [6.45, 7) is 4.59. The van der Waals surface area contributed by atoms with Gasteiger partial charge in [-0.15, -0.1) is 0 Å². The largest absolute Gasteiger partial charge is 0.481 e. The molecule has 0 radical (unpaired) electrons. The highest BCUT2D eigenvalue weighted by atomic mass is 16.4. The van der Waals surface area contributed by atoms with Crippen molar-refractivity contribution in [3.63, 3.8) is 0 Å². The van der Waals surface area contributed by atoms with Crippen LogP contribution in [-0.4, -0.2) is 11.1 Å². The van der Waals surface area contributed by atoms with Crippen molar-refractivity contribution in [2.45, 2.75) is 58.8 Å². The Morgan fingerprint density at radius 1 is 1.19 bits per heavy atom. The highest BCUT2D eigenvalue weighted by Gasteiger charge is 2.50. The van der Waals surface area contributed by atoms with Crippen molar-refractivity contribution in [1.29, 1.82) is 0 Å². The van der Waals surface area contributed by atoms with Gasteiger partial charge in [-0.05, 0) is 56.3 Å². The van der Waals surface area contributed by atoms with Crippen LogP contribution < -0.4 is 0 Å². The quantitative estimate of drug-likeness (QED) is 0.793. The molecule has 2 aliphatic carbocycles. The minimum atomic E-state index is -0.522. The van der Waals surface area contributed by atoms with E-state index in [0.29, 0.717) is 5.92 Å². The summed E-state index contributed by atoms with van der Waals surface area (Å²) in [5.74, 6) is 1.55. The van der Waals surface area contributed by atoms with Crippen LogP contribution in [0.15, 0.2) is 0 Å². The summed E-state index contributed by atoms with van der Waals surface area (Å²) in [7, 11) is 0. The normalized spacial score (nSPS) is 33.4. The first kappa shape index (κ1) is 11.9. The molecule has 2 nitrogen and oxygen atoms in total. The van der Waals surface area contributed by atoms with Gasteiger partial charge in [0.05, 0.1) is 5.41 Å². The third-order valence-electron chi connectivity index (χ3n) is 5.17. The molecule has 2 aliphatic rings. The van der Waals surface area contributed by atoms with Gasteiger partial charge < -0.3 is 5.11 Å². The van der Waals surface area contributed by atoms with Crippen molar-refractivity contribution in [2.24, 2.45) is 23.2 Å². The summed E-state index contributed by atoms with van der Waals surface area (Å²) in [4.78, 5) is 11.4. The van der Waals surface area contributed by atoms with Crippen LogP contribution in [0, 0.1) is 23.2 Å². The van der Waals surface area contributed by atoms with Crippen LogP contribution in [-0.2, 0) is 4.79 Å². The molecular formula is C14H24O2. The van der Waals surface area contributed by atoms with Gasteiger partial charge in [-0.3, -0.25) is 4.79 Å². The number of carboxylic acid groups (broad SMARTS) is 1. The van der Waals surface area contributed by atoms with Gasteiger partial charge in [-0.1, -0.05) is 20.3 Å². The van der Waals surface area contributed by atoms with Gasteiger partial charge in [0, 0.05) is 0 Å². The molecule has 2 heteroatoms. The van der Waals surface area contributed by atoms with E-state index in [9.17, 15) is 9.90 Å². The predicted octanol–water partition coefficient (Wildman–Crippen LogP) is 3.70. The van der Waals surface area contributed by atoms with E-state index in [1.807, 2.05) is 0 Å². The smallest absolute Gasteiger partial charge is 0.309 e. The van der Waals surface area contributed by atoms with E-state index in [1.54, 1.807) is 0 Å². The van der Waals surface area contributed by atoms with E-state index >= 15 is 0 Å². The SMILES string of the molecule is CC(C)C1CCC(C2(C(=O)O)CCC2)CC1. The number of hydrogen-bond acceptors (Lipinski definition) is 1. The zero-order chi connectivity index (χ0) is 11.8. The fourth-order valence-electron chi connectivity index (χ4n) is 3.69. The molecular weight excluding hydrogens is 200 g/mol. The third-order valence-corrected chi connectivity index (χ3v) is 5.17. The molecule has 2 saturated carbocycles. The summed E-state index contributed by atoms with van der Waals surface area (Å²) in [5.41, 5.74) is -0.318. The molecule has 0 aliphatic heterocycles. The molecule has 2 rings (SSSR count). The van der Waals surface area contributed by atoms with E-state index in [4.69, 9.17) is 0 Å². The average Bonchev–Trinajstić information content (AvgIpc) is 2.16. The third kappa shape index (κ3) is 1.87. The Bertz CT molecular complexity index is 258. The molecule has 0 unspecified atom stereocenters. The first-order valence-electron chi connectivity index (χ1n) is 6.79. The molecule has 0 bridgehead atoms. The Labute approximate surface area is 98.4 Å². The number of carbonyl (C=O) groups is 1. The zero-order valence-electron chi connectivity index (χ0n) is 10.5. The van der Waals surface area contributed by atoms with E-state index in [0.717, 1.165) is 43.9 Å². The predicted molar refractivity (Wildman–Crippen MR) is 64.2 cm³/mol. The first-order chi connectivity index (χ1) is 7.56. The molecule has 16 heavy (non-hydrogen) atoms. The fraction of sp³-hybridized carbons (Fsp3) is 0.929. The minimum Gasteiger partial charge on any atom is -0.481 e. The molecule has 0 aromatic carbocycles. The number of hydrogen-bond donors (Lipinski definition) is 1. The highest BCUT2D eigenvalue weighted by molar-refractivity contribution is 5.76. The molecule has 0 spiro atoms. The summed E-state index contributed by atoms with van der Waals surface area (Å²) in [6.07, 6.45) is 7.77. The highest BCUT2D eigenvalue weighted by Crippen LogP contribution is 2.53. The van der Waals surface area contributed by atoms with Gasteiger partial charge in [0.15, 0.2) is 0 Å². The zero-order valence-corrected chi connectivity index (χ0v) is 10.5. The van der Waals surface area contributed by atoms with Gasteiger partial charge in [-0.2, -0.15) is 0 Å². The van der Waals surface area contributed by atoms with Gasteiger partial charge in [0.1, 0.15) is 0 Å². The monoisotopic (exact) mass is 224 g/mol. The maximum Gasteiger partial charge on any atom is 0.309 e. The molecule has 0 aromatic rings. The Hall–Kier alpha value is -0.530. The maximum atomic E-state index is 11.4. The van der Waals surface area contributed by atoms with Gasteiger partial charge in [-0.25, -0.2) is 0 Å². The van der Waals surface area contributed by atoms with Crippen LogP contribution in [0.3, 0.4) is 0 Å². The average molecular weight is 224 g/mol. The number of carboxylic acids is 1. The van der Waals surface area contributed by atoms with E-state index < -0.39 is 5.97 Å². The lowest BCUT2D eigenvalue weighted by atomic mass is 9.56. The van der Waals surface area contributed by atoms with Gasteiger partial charge >= 0.3 is 5.97 Å². The lowest BCUT2D eigenvalue weighted by Gasteiger charge is -2.47. The minimum absolute atomic E-state index is 0.318. The van der Waals surface area contributed by atoms with Crippen LogP contribution >= 0.6 is 0 Å². The van der Waals surface area contributed by atoms with Crippen molar-refractivity contribution in [3.05, 3.63) is 0 Å². The molecule has 0 aromatic heterocycles. The second-order valence-electron chi connectivity index (χ2n) is 6.17. The summed E-state index contributed by atoms with van der Waals surface area (Å²) in [5, 5.41) is 9.41. The molecule has 0 atom stereocenters. The number of aliphatic carboxylic acids is 1. The topological polar surface area (TPSA) is 37.3 Å². The van der Waals surface area contributed by atoms with Gasteiger partial charge in [0.25, 0.3) is 0 Å². The lowest BCUT2D eigenvalue weighted by molar-refractivity contribution is -0.161. The summed E-state index contributed by atoms with van der Waals surface area (Å²) in [6, 6.07) is 0. The molecule has 0 saturated heterocycles. The fourth-order valence-corrected chi connectivity index (χ4v) is 3.69. The molecule has 1 N–H and O–H groups in total. The van der Waals surface area contributed by atoms with Crippen molar-refractivity contribution in [1.82, 2.24) is 0 Å². The van der Waals surface area contributed by atoms with Crippen LogP contribution in [0.2, 0.25) is 0 Å². The maximum absolute atomic E-state index is 11.4. The van der Waals surface area contributed by atoms with E-state index in [-0.39, 0.29) is 5.41 Å². The van der Waals surface area contributed by atoms with Crippen LogP contribution in [0.4, 0.5) is 0 Å². The van der Waals surface area contributed by atoms with Crippen LogP contribution in [0.25, 0.3) is 0 Å². The van der Waals surface area contributed by atoms with E-state index in [1.165, 1.54) is 12.8 Å². The Kier molecular flexibility index (Phi) is 3.27. The van der Waals surface area contributed by atoms with Crippen molar-refractivity contribution in [3.8, 4) is 0 Å². The molecule has 0 heterocycles. The molecule has 92 valence electrons. The van der Waals surface area contributed by atoms with Crippen molar-refractivity contribution in [2.75, 3.05) is 0 Å². The standard InChI is InChI=1S/C14H24O2/c1-10(2)11-4-6-12(7-5-11)14(13(15)16)8-3-9-14/h10-12H,3-9H2,1-2H3,(H,15,16). The molecule has 2 fully saturated rings. The summed E-state index contributed by atoms with van der Waals surface area (Å²) >= 11 is 0. The van der Waals surface area contributed by atoms with Crippen LogP contribution in [0.5, 0.6) is 0 Å². The number of rotatable bonds is 3. The van der Waals surface area contributed by atoms with Crippen LogP contribution in [0.1, 0.15) is 58.8 Å². The van der Waals surface area contributed by atoms with E-state index in [2.05, 4.69) is 13.8 Å². The summed E-state index contributed by atoms with van der Waals surface area (Å²) < 4.78 is 0. The Morgan fingerprint density at radius 2 is 1.75 bits per heavy atom. The van der Waals surface area contributed by atoms with Crippen molar-refractivity contribution >= 4 is 5.97 Å². The Balaban J connectivity index is 1.95. The Morgan fingerprint density at radius 3 is 2.06 bits per heavy atom.